The van der Waals surface area contributed by atoms with Gasteiger partial charge < -0.3 is 21.3 Å². The Morgan fingerprint density at radius 2 is 1.80 bits per heavy atom. The monoisotopic (exact) mass is 412 g/mol. The van der Waals surface area contributed by atoms with Crippen molar-refractivity contribution >= 4 is 29.7 Å². The number of carbonyl (C=O) groups excluding carboxylic acids is 4. The highest BCUT2D eigenvalue weighted by Gasteiger charge is 2.11. The zero-order valence-corrected chi connectivity index (χ0v) is 17.1. The van der Waals surface area contributed by atoms with Crippen LogP contribution in [0.1, 0.15) is 44.2 Å². The molecule has 1 atom stereocenters. The molecule has 1 unspecified atom stereocenters. The average molecular weight is 412 g/mol. The van der Waals surface area contributed by atoms with E-state index in [-0.39, 0.29) is 30.3 Å². The summed E-state index contributed by atoms with van der Waals surface area (Å²) in [6.07, 6.45) is 8.78. The maximum Gasteiger partial charge on any atom is 0.243 e. The van der Waals surface area contributed by atoms with Crippen molar-refractivity contribution in [3.05, 3.63) is 53.8 Å². The molecular formula is C22H28N4O4. The Bertz CT molecular complexity index is 815. The predicted octanol–water partition coefficient (Wildman–Crippen LogP) is 1.72. The smallest absolute Gasteiger partial charge is 0.243 e. The fourth-order valence-corrected chi connectivity index (χ4v) is 2.91. The van der Waals surface area contributed by atoms with Crippen LogP contribution in [0.2, 0.25) is 0 Å². The van der Waals surface area contributed by atoms with E-state index in [2.05, 4.69) is 21.3 Å². The van der Waals surface area contributed by atoms with Crippen LogP contribution < -0.4 is 21.3 Å². The molecule has 0 radical (unpaired) electrons. The van der Waals surface area contributed by atoms with Gasteiger partial charge in [0.05, 0.1) is 12.6 Å². The van der Waals surface area contributed by atoms with Crippen LogP contribution in [0.4, 0.5) is 5.69 Å². The molecule has 0 aromatic heterocycles. The molecule has 30 heavy (non-hydrogen) atoms. The number of hydrogen-bond acceptors (Lipinski definition) is 5. The normalized spacial score (nSPS) is 14.8. The van der Waals surface area contributed by atoms with E-state index >= 15 is 0 Å². The molecule has 4 N–H and O–H groups in total. The molecule has 1 aromatic rings. The lowest BCUT2D eigenvalue weighted by atomic mass is 10.0. The van der Waals surface area contributed by atoms with E-state index < -0.39 is 0 Å². The first kappa shape index (κ1) is 22.9. The number of dihydropyridines is 1. The molecule has 0 bridgehead atoms. The van der Waals surface area contributed by atoms with Crippen molar-refractivity contribution in [1.29, 1.82) is 0 Å². The van der Waals surface area contributed by atoms with E-state index in [0.29, 0.717) is 30.6 Å². The molecule has 2 rings (SSSR count). The number of rotatable bonds is 11. The van der Waals surface area contributed by atoms with Gasteiger partial charge >= 0.3 is 0 Å². The molecule has 1 aromatic carbocycles. The molecule has 8 nitrogen and oxygen atoms in total. The number of unbranched alkanes of at least 4 members (excludes halogenated alkanes) is 2. The number of benzene rings is 1. The van der Waals surface area contributed by atoms with E-state index in [4.69, 9.17) is 0 Å². The van der Waals surface area contributed by atoms with Gasteiger partial charge in [-0.1, -0.05) is 18.6 Å². The Balaban J connectivity index is 1.67. The minimum atomic E-state index is -0.302. The second kappa shape index (κ2) is 12.2. The number of amides is 3. The van der Waals surface area contributed by atoms with Crippen LogP contribution in [-0.4, -0.2) is 37.1 Å². The summed E-state index contributed by atoms with van der Waals surface area (Å²) in [5.41, 5.74) is 2.20. The highest BCUT2D eigenvalue weighted by atomic mass is 16.2. The van der Waals surface area contributed by atoms with Gasteiger partial charge in [-0.15, -0.1) is 0 Å². The van der Waals surface area contributed by atoms with Gasteiger partial charge in [-0.2, -0.15) is 0 Å². The van der Waals surface area contributed by atoms with Crippen molar-refractivity contribution in [2.45, 2.75) is 38.6 Å². The third kappa shape index (κ3) is 8.30. The summed E-state index contributed by atoms with van der Waals surface area (Å²) in [7, 11) is 0. The van der Waals surface area contributed by atoms with Crippen LogP contribution in [0.3, 0.4) is 0 Å². The lowest BCUT2D eigenvalue weighted by molar-refractivity contribution is -0.124. The largest absolute Gasteiger partial charge is 0.381 e. The van der Waals surface area contributed by atoms with Crippen LogP contribution in [0, 0.1) is 0 Å². The van der Waals surface area contributed by atoms with E-state index in [1.807, 2.05) is 18.2 Å². The highest BCUT2D eigenvalue weighted by Crippen LogP contribution is 2.21. The first-order chi connectivity index (χ1) is 14.5. The van der Waals surface area contributed by atoms with E-state index in [9.17, 15) is 19.2 Å². The number of carbonyl (C=O) groups is 4. The molecule has 1 aliphatic rings. The molecular weight excluding hydrogens is 384 g/mol. The van der Waals surface area contributed by atoms with Crippen molar-refractivity contribution in [1.82, 2.24) is 16.0 Å². The first-order valence-corrected chi connectivity index (χ1v) is 9.98. The van der Waals surface area contributed by atoms with Crippen LogP contribution >= 0.6 is 0 Å². The highest BCUT2D eigenvalue weighted by molar-refractivity contribution is 5.94. The molecule has 1 heterocycles. The van der Waals surface area contributed by atoms with Crippen LogP contribution in [0.15, 0.2) is 48.2 Å². The maximum atomic E-state index is 12.0. The zero-order chi connectivity index (χ0) is 21.8. The molecule has 8 heteroatoms. The Kier molecular flexibility index (Phi) is 9.30. The fourth-order valence-electron chi connectivity index (χ4n) is 2.91. The molecule has 160 valence electrons. The van der Waals surface area contributed by atoms with Crippen LogP contribution in [0.5, 0.6) is 0 Å². The fraction of sp³-hybridized carbons (Fsp3) is 0.364. The van der Waals surface area contributed by atoms with Crippen LogP contribution in [-0.2, 0) is 19.2 Å². The minimum Gasteiger partial charge on any atom is -0.381 e. The van der Waals surface area contributed by atoms with Crippen molar-refractivity contribution in [2.24, 2.45) is 0 Å². The van der Waals surface area contributed by atoms with Gasteiger partial charge in [0.2, 0.25) is 17.7 Å². The summed E-state index contributed by atoms with van der Waals surface area (Å²) >= 11 is 0. The van der Waals surface area contributed by atoms with Crippen molar-refractivity contribution in [2.75, 3.05) is 18.4 Å². The third-order valence-corrected chi connectivity index (χ3v) is 4.50. The SMILES string of the molecule is CC(=O)NCCCCCC(=O)NCC(=O)Nc1ccc(C2C=C(C=O)C=CN2)cc1. The molecule has 0 aliphatic carbocycles. The molecule has 3 amide bonds. The van der Waals surface area contributed by atoms with E-state index in [1.165, 1.54) is 6.92 Å². The standard InChI is InChI=1S/C22H28N4O4/c1-16(28)23-11-4-2-3-5-21(29)25-14-22(30)26-19-8-6-18(7-9-19)20-13-17(15-27)10-12-24-20/h6-10,12-13,15,20,24H,2-5,11,14H2,1H3,(H,23,28)(H,25,29)(H,26,30). The number of hydrogen-bond donors (Lipinski definition) is 4. The van der Waals surface area contributed by atoms with Crippen LogP contribution in [0.25, 0.3) is 0 Å². The Labute approximate surface area is 176 Å². The molecule has 1 aliphatic heterocycles. The number of allylic oxidation sites excluding steroid dienone is 2. The summed E-state index contributed by atoms with van der Waals surface area (Å²) in [5.74, 6) is -0.530. The Morgan fingerprint density at radius 3 is 2.50 bits per heavy atom. The Morgan fingerprint density at radius 1 is 1.03 bits per heavy atom. The molecule has 0 spiro atoms. The quantitative estimate of drug-likeness (QED) is 0.326. The maximum absolute atomic E-state index is 12.0. The second-order valence-electron chi connectivity index (χ2n) is 7.00. The van der Waals surface area contributed by atoms with Gasteiger partial charge in [-0.3, -0.25) is 19.2 Å². The number of nitrogens with one attached hydrogen (secondary N) is 4. The topological polar surface area (TPSA) is 116 Å². The van der Waals surface area contributed by atoms with Gasteiger partial charge in [0.1, 0.15) is 6.29 Å². The summed E-state index contributed by atoms with van der Waals surface area (Å²) < 4.78 is 0. The first-order valence-electron chi connectivity index (χ1n) is 9.98. The van der Waals surface area contributed by atoms with Gasteiger partial charge in [0.25, 0.3) is 0 Å². The third-order valence-electron chi connectivity index (χ3n) is 4.50. The minimum absolute atomic E-state index is 0.0555. The zero-order valence-electron chi connectivity index (χ0n) is 17.1. The van der Waals surface area contributed by atoms with Gasteiger partial charge in [0.15, 0.2) is 0 Å². The predicted molar refractivity (Wildman–Crippen MR) is 114 cm³/mol. The lowest BCUT2D eigenvalue weighted by Crippen LogP contribution is -2.32. The van der Waals surface area contributed by atoms with Gasteiger partial charge in [-0.05, 0) is 48.9 Å². The summed E-state index contributed by atoms with van der Waals surface area (Å²) in [5, 5.41) is 11.2. The number of anilines is 1. The van der Waals surface area contributed by atoms with Gasteiger partial charge in [-0.25, -0.2) is 0 Å². The summed E-state index contributed by atoms with van der Waals surface area (Å²) in [6, 6.07) is 7.19. The summed E-state index contributed by atoms with van der Waals surface area (Å²) in [6.45, 7) is 1.99. The van der Waals surface area contributed by atoms with Crippen molar-refractivity contribution in [3.63, 3.8) is 0 Å². The van der Waals surface area contributed by atoms with E-state index in [1.54, 1.807) is 24.4 Å². The van der Waals surface area contributed by atoms with Crippen molar-refractivity contribution in [3.8, 4) is 0 Å². The Hall–Kier alpha value is -3.42. The number of aldehydes is 1. The second-order valence-corrected chi connectivity index (χ2v) is 7.00. The molecule has 0 fully saturated rings. The molecule has 0 saturated heterocycles. The van der Waals surface area contributed by atoms with E-state index in [0.717, 1.165) is 24.7 Å². The lowest BCUT2D eigenvalue weighted by Gasteiger charge is -2.18. The summed E-state index contributed by atoms with van der Waals surface area (Å²) in [4.78, 5) is 45.5. The average Bonchev–Trinajstić information content (AvgIpc) is 2.75. The van der Waals surface area contributed by atoms with Gasteiger partial charge in [0, 0.05) is 31.1 Å². The van der Waals surface area contributed by atoms with Crippen molar-refractivity contribution < 1.29 is 19.2 Å². The molecule has 0 saturated carbocycles.